The van der Waals surface area contributed by atoms with Crippen LogP contribution in [-0.4, -0.2) is 16.8 Å². The fourth-order valence-electron chi connectivity index (χ4n) is 1.55. The van der Waals surface area contributed by atoms with Gasteiger partial charge in [0.1, 0.15) is 0 Å². The quantitative estimate of drug-likeness (QED) is 0.261. The van der Waals surface area contributed by atoms with Gasteiger partial charge in [0.25, 0.3) is 0 Å². The lowest BCUT2D eigenvalue weighted by molar-refractivity contribution is 0.617. The van der Waals surface area contributed by atoms with Crippen molar-refractivity contribution in [2.45, 2.75) is 20.3 Å². The molecular formula is C12H18Cl2N5S+. The molecule has 5 N–H and O–H groups in total. The lowest BCUT2D eigenvalue weighted by Gasteiger charge is -2.27. The zero-order valence-corrected chi connectivity index (χ0v) is 13.6. The van der Waals surface area contributed by atoms with Gasteiger partial charge in [-0.1, -0.05) is 29.7 Å². The Morgan fingerprint density at radius 1 is 1.45 bits per heavy atom. The first-order valence-corrected chi connectivity index (χ1v) is 6.48. The van der Waals surface area contributed by atoms with E-state index >= 15 is 0 Å². The number of halogens is 2. The zero-order valence-electron chi connectivity index (χ0n) is 11.3. The monoisotopic (exact) mass is 334 g/mol. The number of hydrogen-bond donors (Lipinski definition) is 3. The van der Waals surface area contributed by atoms with Crippen LogP contribution in [0.25, 0.3) is 0 Å². The van der Waals surface area contributed by atoms with Gasteiger partial charge in [0.2, 0.25) is 0 Å². The van der Waals surface area contributed by atoms with Crippen LogP contribution in [0.1, 0.15) is 20.3 Å². The molecule has 0 amide bonds. The first-order valence-electron chi connectivity index (χ1n) is 5.70. The van der Waals surface area contributed by atoms with Gasteiger partial charge in [-0.15, -0.1) is 12.4 Å². The van der Waals surface area contributed by atoms with E-state index in [0.29, 0.717) is 17.1 Å². The summed E-state index contributed by atoms with van der Waals surface area (Å²) in [6, 6.07) is 6.84. The molecule has 1 aromatic carbocycles. The predicted octanol–water partition coefficient (Wildman–Crippen LogP) is 2.99. The molecule has 0 bridgehead atoms. The van der Waals surface area contributed by atoms with Crippen LogP contribution in [0.5, 0.6) is 0 Å². The van der Waals surface area contributed by atoms with Crippen LogP contribution in [0.15, 0.2) is 29.4 Å². The molecule has 0 fully saturated rings. The number of quaternary nitrogens is 1. The van der Waals surface area contributed by atoms with Crippen molar-refractivity contribution in [2.75, 3.05) is 0 Å². The van der Waals surface area contributed by atoms with Crippen molar-refractivity contribution in [3.05, 3.63) is 29.3 Å². The highest BCUT2D eigenvalue weighted by molar-refractivity contribution is 7.80. The SMILES string of the molecule is CC/C(C)=N/[N+](C(=N)N)(C(N)=S)c1cccc(Cl)c1.Cl. The van der Waals surface area contributed by atoms with Gasteiger partial charge in [-0.2, -0.15) is 0 Å². The van der Waals surface area contributed by atoms with Crippen molar-refractivity contribution in [3.8, 4) is 0 Å². The largest absolute Gasteiger partial charge is 0.342 e. The first kappa shape index (κ1) is 18.8. The molecule has 110 valence electrons. The molecule has 1 atom stereocenters. The number of thiocarbonyl (C=S) groups is 1. The molecule has 20 heavy (non-hydrogen) atoms. The maximum absolute atomic E-state index is 7.84. The molecule has 8 heteroatoms. The second-order valence-electron chi connectivity index (χ2n) is 4.03. The van der Waals surface area contributed by atoms with E-state index in [1.807, 2.05) is 13.8 Å². The number of hydrogen-bond acceptors (Lipinski definition) is 3. The lowest BCUT2D eigenvalue weighted by atomic mass is 10.3. The van der Waals surface area contributed by atoms with Gasteiger partial charge in [0.15, 0.2) is 5.69 Å². The van der Waals surface area contributed by atoms with Crippen molar-refractivity contribution in [1.82, 2.24) is 4.59 Å². The average Bonchev–Trinajstić information content (AvgIpc) is 2.34. The maximum Gasteiger partial charge on any atom is 0.332 e. The molecule has 0 saturated carbocycles. The standard InChI is InChI=1S/C12H16ClN5S.ClH/c1-3-8(2)17-18(11(14)15,12(16)19)10-6-4-5-9(13)7-10;/h4-7H,3H2,1-2H3,(H4-,14,15,16,19);1H/p+1/b17-8+;. The Morgan fingerprint density at radius 3 is 2.45 bits per heavy atom. The molecule has 0 heterocycles. The summed E-state index contributed by atoms with van der Waals surface area (Å²) in [6.45, 7) is 3.78. The van der Waals surface area contributed by atoms with Crippen molar-refractivity contribution < 1.29 is 0 Å². The Morgan fingerprint density at radius 2 is 2.05 bits per heavy atom. The Kier molecular flexibility index (Phi) is 7.08. The fourth-order valence-corrected chi connectivity index (χ4v) is 1.98. The van der Waals surface area contributed by atoms with Gasteiger partial charge >= 0.3 is 11.1 Å². The van der Waals surface area contributed by atoms with E-state index in [2.05, 4.69) is 5.10 Å². The Hall–Kier alpha value is -1.21. The minimum absolute atomic E-state index is 0. The van der Waals surface area contributed by atoms with E-state index in [1.54, 1.807) is 24.3 Å². The second kappa shape index (κ2) is 7.54. The number of nitrogens with one attached hydrogen (secondary N) is 1. The molecule has 0 aromatic heterocycles. The highest BCUT2D eigenvalue weighted by atomic mass is 35.5. The first-order chi connectivity index (χ1) is 8.84. The van der Waals surface area contributed by atoms with E-state index in [1.165, 1.54) is 0 Å². The normalized spacial score (nSPS) is 14.1. The summed E-state index contributed by atoms with van der Waals surface area (Å²) in [4.78, 5) is 0. The third-order valence-electron chi connectivity index (χ3n) is 2.68. The van der Waals surface area contributed by atoms with Crippen LogP contribution >= 0.6 is 36.2 Å². The van der Waals surface area contributed by atoms with Gasteiger partial charge in [-0.3, -0.25) is 0 Å². The van der Waals surface area contributed by atoms with Crippen LogP contribution in [-0.2, 0) is 0 Å². The minimum atomic E-state index is -0.532. The molecule has 0 aliphatic heterocycles. The molecule has 0 aliphatic carbocycles. The van der Waals surface area contributed by atoms with Gasteiger partial charge in [0, 0.05) is 29.4 Å². The zero-order chi connectivity index (χ0) is 14.6. The van der Waals surface area contributed by atoms with E-state index < -0.39 is 4.59 Å². The molecule has 0 spiro atoms. The topological polar surface area (TPSA) is 88.2 Å². The number of guanidine groups is 1. The second-order valence-corrected chi connectivity index (χ2v) is 4.88. The van der Waals surface area contributed by atoms with Crippen LogP contribution in [0.4, 0.5) is 5.69 Å². The van der Waals surface area contributed by atoms with E-state index in [0.717, 1.165) is 5.71 Å². The number of nitrogens with zero attached hydrogens (tertiary/aromatic N) is 2. The van der Waals surface area contributed by atoms with Crippen LogP contribution < -0.4 is 16.1 Å². The highest BCUT2D eigenvalue weighted by Gasteiger charge is 2.40. The number of benzene rings is 1. The number of rotatable bonds is 3. The van der Waals surface area contributed by atoms with Gasteiger partial charge in [0.05, 0.1) is 5.71 Å². The third kappa shape index (κ3) is 3.67. The van der Waals surface area contributed by atoms with Crippen LogP contribution in [0, 0.1) is 5.41 Å². The summed E-state index contributed by atoms with van der Waals surface area (Å²) in [5.41, 5.74) is 12.8. The van der Waals surface area contributed by atoms with Crippen molar-refractivity contribution >= 4 is 58.7 Å². The van der Waals surface area contributed by atoms with Crippen molar-refractivity contribution in [3.63, 3.8) is 0 Å². The molecule has 0 saturated heterocycles. The summed E-state index contributed by atoms with van der Waals surface area (Å²) in [5, 5.41) is 12.7. The molecule has 5 nitrogen and oxygen atoms in total. The summed E-state index contributed by atoms with van der Waals surface area (Å²) in [7, 11) is 0. The fraction of sp³-hybridized carbons (Fsp3) is 0.250. The third-order valence-corrected chi connectivity index (χ3v) is 3.18. The summed E-state index contributed by atoms with van der Waals surface area (Å²) in [6.07, 6.45) is 0.705. The molecular weight excluding hydrogens is 317 g/mol. The van der Waals surface area contributed by atoms with Crippen LogP contribution in [0.3, 0.4) is 0 Å². The molecule has 0 aliphatic rings. The molecule has 1 unspecified atom stereocenters. The maximum atomic E-state index is 7.84. The van der Waals surface area contributed by atoms with Gasteiger partial charge in [-0.05, 0) is 24.0 Å². The Bertz CT molecular complexity index is 530. The van der Waals surface area contributed by atoms with Gasteiger partial charge in [-0.25, -0.2) is 5.41 Å². The smallest absolute Gasteiger partial charge is 0.332 e. The minimum Gasteiger partial charge on any atom is -0.342 e. The highest BCUT2D eigenvalue weighted by Crippen LogP contribution is 2.27. The van der Waals surface area contributed by atoms with E-state index in [4.69, 9.17) is 40.7 Å². The predicted molar refractivity (Wildman–Crippen MR) is 92.6 cm³/mol. The summed E-state index contributed by atoms with van der Waals surface area (Å²) in [5.74, 6) is -0.275. The van der Waals surface area contributed by atoms with Gasteiger partial charge < -0.3 is 11.5 Å². The summed E-state index contributed by atoms with van der Waals surface area (Å²) < 4.78 is -0.532. The summed E-state index contributed by atoms with van der Waals surface area (Å²) >= 11 is 11.1. The van der Waals surface area contributed by atoms with E-state index in [-0.39, 0.29) is 23.5 Å². The average molecular weight is 335 g/mol. The van der Waals surface area contributed by atoms with Crippen molar-refractivity contribution in [1.29, 1.82) is 5.41 Å². The van der Waals surface area contributed by atoms with E-state index in [9.17, 15) is 0 Å². The lowest BCUT2D eigenvalue weighted by Crippen LogP contribution is -2.60. The van der Waals surface area contributed by atoms with Crippen molar-refractivity contribution in [2.24, 2.45) is 16.6 Å². The molecule has 0 radical (unpaired) electrons. The molecule has 1 aromatic rings. The van der Waals surface area contributed by atoms with Crippen LogP contribution in [0.2, 0.25) is 5.02 Å². The Labute approximate surface area is 135 Å². The number of nitrogens with two attached hydrogens (primary N) is 2. The Balaban J connectivity index is 0.00000361. The molecule has 1 rings (SSSR count).